The van der Waals surface area contributed by atoms with Crippen LogP contribution in [0.25, 0.3) is 0 Å². The number of hydrogen-bond acceptors (Lipinski definition) is 3. The van der Waals surface area contributed by atoms with E-state index in [-0.39, 0.29) is 171 Å². The molecule has 0 rings (SSSR count). The minimum atomic E-state index is -2.33. The minimum Gasteiger partial charge on any atom is -1.00 e. The summed E-state index contributed by atoms with van der Waals surface area (Å²) in [5.41, 5.74) is 0. The second-order valence-electron chi connectivity index (χ2n) is 0.250. The normalized spacial score (nSPS) is 3.00. The molecule has 0 atom stereocenters. The maximum Gasteiger partial charge on any atom is 1.00 e. The van der Waals surface area contributed by atoms with Crippen molar-refractivity contribution in [3.8, 4) is 0 Å². The third-order valence-electron chi connectivity index (χ3n) is 0. The number of rotatable bonds is 0. The fourth-order valence-electron chi connectivity index (χ4n) is 0. The van der Waals surface area contributed by atoms with Crippen molar-refractivity contribution < 1.29 is 186 Å². The third kappa shape index (κ3) is 45.8. The van der Waals surface area contributed by atoms with Gasteiger partial charge >= 0.3 is 154 Å². The van der Waals surface area contributed by atoms with Crippen molar-refractivity contribution in [1.29, 1.82) is 0 Å². The van der Waals surface area contributed by atoms with Crippen molar-refractivity contribution in [2.45, 2.75) is 0 Å². The Morgan fingerprint density at radius 3 is 1.00 bits per heavy atom. The van der Waals surface area contributed by atoms with Crippen molar-refractivity contribution in [2.24, 2.45) is 0 Å². The molecule has 32 valence electrons. The largest absolute Gasteiger partial charge is 1.00 e. The summed E-state index contributed by atoms with van der Waals surface area (Å²) in [6.07, 6.45) is -2.33. The molecule has 8 heavy (non-hydrogen) atoms. The molecule has 7 heteroatoms. The van der Waals surface area contributed by atoms with E-state index in [1.54, 1.807) is 0 Å². The Labute approximate surface area is 186 Å². The Hall–Kier alpha value is 4.66. The summed E-state index contributed by atoms with van der Waals surface area (Å²) in [5.74, 6) is 0. The third-order valence-corrected chi connectivity index (χ3v) is 0. The van der Waals surface area contributed by atoms with Crippen LogP contribution in [0.2, 0.25) is 0 Å². The zero-order valence-electron chi connectivity index (χ0n) is 5.10. The van der Waals surface area contributed by atoms with Crippen LogP contribution in [0, 0.1) is 0 Å². The van der Waals surface area contributed by atoms with Gasteiger partial charge < -0.3 is 32.0 Å². The van der Waals surface area contributed by atoms with Gasteiger partial charge in [-0.3, -0.25) is 0 Å². The van der Waals surface area contributed by atoms with Gasteiger partial charge in [0.1, 0.15) is 0 Å². The van der Waals surface area contributed by atoms with Crippen LogP contribution in [-0.2, 0) is 0 Å². The molecule has 0 unspecified atom stereocenters. The topological polar surface area (TPSA) is 63.2 Å². The Morgan fingerprint density at radius 1 is 1.00 bits per heavy atom. The van der Waals surface area contributed by atoms with Gasteiger partial charge in [-0.15, -0.1) is 0 Å². The maximum atomic E-state index is 8.33. The summed E-state index contributed by atoms with van der Waals surface area (Å²) < 4.78 is 0. The van der Waals surface area contributed by atoms with E-state index in [0.29, 0.717) is 0 Å². The molecule has 0 heterocycles. The molecule has 0 aliphatic heterocycles. The summed E-state index contributed by atoms with van der Waals surface area (Å²) in [5, 5.41) is 16.7. The van der Waals surface area contributed by atoms with Gasteiger partial charge in [0.15, 0.2) is 0 Å². The van der Waals surface area contributed by atoms with Crippen molar-refractivity contribution in [3.63, 3.8) is 0 Å². The van der Waals surface area contributed by atoms with Crippen molar-refractivity contribution in [3.05, 3.63) is 0 Å². The average molecular weight is 257 g/mol. The van der Waals surface area contributed by atoms with E-state index >= 15 is 0 Å². The Bertz CT molecular complexity index is 37.5. The van der Waals surface area contributed by atoms with E-state index in [1.165, 1.54) is 0 Å². The molecule has 0 bridgehead atoms. The second-order valence-corrected chi connectivity index (χ2v) is 0.250. The van der Waals surface area contributed by atoms with Gasteiger partial charge in [-0.25, -0.2) is 0 Å². The minimum absolute atomic E-state index is 0. The predicted octanol–water partition coefficient (Wildman–Crippen LogP) is -14.4. The Balaban J connectivity index is -0.00000000750. The standard InChI is InChI=1S/CH2O3.BrH.3K/c2-1(3)4;;;;/h(H2,2,3,4);1H;;;/q;;3*+1/p-3. The van der Waals surface area contributed by atoms with Gasteiger partial charge in [-0.2, -0.15) is 0 Å². The van der Waals surface area contributed by atoms with Gasteiger partial charge in [0, 0.05) is 0 Å². The molecule has 0 aromatic rings. The number of carbonyl (C=O) groups is 1. The van der Waals surface area contributed by atoms with E-state index in [2.05, 4.69) is 0 Å². The van der Waals surface area contributed by atoms with E-state index in [4.69, 9.17) is 15.0 Å². The maximum absolute atomic E-state index is 8.33. The fraction of sp³-hybridized carbons (Fsp3) is 0. The predicted molar refractivity (Wildman–Crippen MR) is 5.40 cm³/mol. The SMILES string of the molecule is O=C([O-])[O-].[Br-].[K+].[K+].[K+]. The molecule has 0 amide bonds. The molecule has 0 fully saturated rings. The van der Waals surface area contributed by atoms with Crippen LogP contribution in [0.15, 0.2) is 0 Å². The Kier molecular flexibility index (Phi) is 82.8. The molecule has 0 aromatic heterocycles. The van der Waals surface area contributed by atoms with Crippen LogP contribution in [0.5, 0.6) is 0 Å². The summed E-state index contributed by atoms with van der Waals surface area (Å²) in [6, 6.07) is 0. The van der Waals surface area contributed by atoms with Crippen molar-refractivity contribution in [1.82, 2.24) is 0 Å². The zero-order valence-corrected chi connectivity index (χ0v) is 16.1. The monoisotopic (exact) mass is 256 g/mol. The van der Waals surface area contributed by atoms with Gasteiger partial charge in [-0.05, 0) is 6.16 Å². The first-order chi connectivity index (χ1) is 1.73. The Morgan fingerprint density at radius 2 is 1.00 bits per heavy atom. The van der Waals surface area contributed by atoms with Crippen LogP contribution < -0.4 is 181 Å². The number of carboxylic acid groups (broad SMARTS) is 2. The molecule has 0 aromatic carbocycles. The van der Waals surface area contributed by atoms with Crippen LogP contribution in [0.4, 0.5) is 4.79 Å². The molecule has 0 spiro atoms. The van der Waals surface area contributed by atoms with E-state index in [0.717, 1.165) is 0 Å². The summed E-state index contributed by atoms with van der Waals surface area (Å²) in [6.45, 7) is 0. The van der Waals surface area contributed by atoms with E-state index in [1.807, 2.05) is 0 Å². The van der Waals surface area contributed by atoms with Crippen molar-refractivity contribution >= 4 is 6.16 Å². The van der Waals surface area contributed by atoms with Crippen LogP contribution in [-0.4, -0.2) is 6.16 Å². The molecule has 0 radical (unpaired) electrons. The molecular formula is CBrK3O3. The van der Waals surface area contributed by atoms with Gasteiger partial charge in [0.2, 0.25) is 0 Å². The smallest absolute Gasteiger partial charge is 1.00 e. The van der Waals surface area contributed by atoms with Crippen LogP contribution >= 0.6 is 0 Å². The molecular weight excluding hydrogens is 257 g/mol. The quantitative estimate of drug-likeness (QED) is 0.405. The average Bonchev–Trinajstić information content (AvgIpc) is 0.811. The molecule has 0 aliphatic carbocycles. The van der Waals surface area contributed by atoms with Crippen molar-refractivity contribution in [2.75, 3.05) is 0 Å². The number of halogens is 1. The molecule has 3 nitrogen and oxygen atoms in total. The summed E-state index contributed by atoms with van der Waals surface area (Å²) >= 11 is 0. The zero-order chi connectivity index (χ0) is 3.58. The second kappa shape index (κ2) is 22.6. The summed E-state index contributed by atoms with van der Waals surface area (Å²) in [7, 11) is 0. The number of carbonyl (C=O) groups excluding carboxylic acids is 1. The van der Waals surface area contributed by atoms with Gasteiger partial charge in [0.05, 0.1) is 0 Å². The first kappa shape index (κ1) is 29.3. The van der Waals surface area contributed by atoms with E-state index in [9.17, 15) is 0 Å². The number of hydrogen-bond donors (Lipinski definition) is 0. The molecule has 0 saturated heterocycles. The van der Waals surface area contributed by atoms with Gasteiger partial charge in [-0.1, -0.05) is 0 Å². The summed E-state index contributed by atoms with van der Waals surface area (Å²) in [4.78, 5) is 8.33. The molecule has 0 N–H and O–H groups in total. The van der Waals surface area contributed by atoms with Crippen LogP contribution in [0.3, 0.4) is 0 Å². The molecule has 0 aliphatic rings. The van der Waals surface area contributed by atoms with E-state index < -0.39 is 6.16 Å². The first-order valence-electron chi connectivity index (χ1n) is 0.612. The first-order valence-corrected chi connectivity index (χ1v) is 0.612. The van der Waals surface area contributed by atoms with Gasteiger partial charge in [0.25, 0.3) is 0 Å². The van der Waals surface area contributed by atoms with Crippen LogP contribution in [0.1, 0.15) is 0 Å². The fourth-order valence-corrected chi connectivity index (χ4v) is 0. The molecule has 0 saturated carbocycles.